The van der Waals surface area contributed by atoms with E-state index in [4.69, 9.17) is 14.2 Å². The van der Waals surface area contributed by atoms with Crippen LogP contribution in [-0.4, -0.2) is 55.2 Å². The predicted octanol–water partition coefficient (Wildman–Crippen LogP) is 12.8. The van der Waals surface area contributed by atoms with Gasteiger partial charge in [0.25, 0.3) is 0 Å². The Balaban J connectivity index is 1.44. The van der Waals surface area contributed by atoms with Crippen LogP contribution in [0.15, 0.2) is 78.9 Å². The van der Waals surface area contributed by atoms with Crippen LogP contribution in [0.5, 0.6) is 5.75 Å². The van der Waals surface area contributed by atoms with E-state index in [1.165, 1.54) is 79.2 Å². The first-order chi connectivity index (χ1) is 30.0. The molecule has 2 aliphatic carbocycles. The van der Waals surface area contributed by atoms with Crippen molar-refractivity contribution < 1.29 is 34.0 Å². The largest absolute Gasteiger partial charge is 0.493 e. The Morgan fingerprint density at radius 1 is 0.645 bits per heavy atom. The maximum atomic E-state index is 12.3. The summed E-state index contributed by atoms with van der Waals surface area (Å²) in [6.45, 7) is 15.7. The molecule has 7 nitrogen and oxygen atoms in total. The highest BCUT2D eigenvalue weighted by molar-refractivity contribution is 5.87. The molecule has 0 aliphatic heterocycles. The first-order valence-corrected chi connectivity index (χ1v) is 23.9. The zero-order valence-corrected chi connectivity index (χ0v) is 38.5. The van der Waals surface area contributed by atoms with Gasteiger partial charge >= 0.3 is 11.9 Å². The minimum absolute atomic E-state index is 0.113. The van der Waals surface area contributed by atoms with Gasteiger partial charge in [-0.15, -0.1) is 0 Å². The number of benzene rings is 3. The standard InChI is InChI=1S/C55H76O7/c1-7-9-11-14-41-17-19-42(20-18-41)43-21-23-44(24-22-43)46-27-28-50(51(36-46)45-25-26-45)49-34-47(15-12-31-61-53(58)39(3)4)52(48(35-49)16-13-32-62-54(59)40(5)6)60-33-30-55(37-56,38-57)29-10-8-2/h21-24,27-28,34-36,41-42,45,56-57H,3,5,7-20,25-26,29-33,37-38H2,1-2,4,6H3/t41-,42-. The molecule has 2 fully saturated rings. The molecule has 2 N–H and O–H groups in total. The fourth-order valence-electron chi connectivity index (χ4n) is 9.13. The van der Waals surface area contributed by atoms with Gasteiger partial charge in [-0.05, 0) is 165 Å². The van der Waals surface area contributed by atoms with E-state index in [9.17, 15) is 19.8 Å². The number of rotatable bonds is 27. The SMILES string of the molecule is C=C(C)C(=O)OCCCc1cc(-c2ccc(-c3ccc([C@H]4CC[C@H](CCCCC)CC4)cc3)cc2C2CC2)cc(CCCOC(=O)C(=C)C)c1OCCC(CO)(CO)CCCC. The molecule has 5 rings (SSSR count). The summed E-state index contributed by atoms with van der Waals surface area (Å²) < 4.78 is 17.7. The molecule has 0 amide bonds. The lowest BCUT2D eigenvalue weighted by atomic mass is 9.77. The van der Waals surface area contributed by atoms with E-state index < -0.39 is 17.4 Å². The maximum Gasteiger partial charge on any atom is 0.333 e. The highest BCUT2D eigenvalue weighted by Gasteiger charge is 2.30. The zero-order chi connectivity index (χ0) is 44.5. The second kappa shape index (κ2) is 24.6. The van der Waals surface area contributed by atoms with Crippen LogP contribution in [-0.2, 0) is 31.9 Å². The van der Waals surface area contributed by atoms with Crippen LogP contribution in [0.25, 0.3) is 22.3 Å². The molecule has 0 bridgehead atoms. The molecule has 0 unspecified atom stereocenters. The topological polar surface area (TPSA) is 102 Å². The fraction of sp³-hybridized carbons (Fsp3) is 0.564. The van der Waals surface area contributed by atoms with Crippen LogP contribution in [0.1, 0.15) is 165 Å². The van der Waals surface area contributed by atoms with Crippen LogP contribution < -0.4 is 4.74 Å². The van der Waals surface area contributed by atoms with Crippen molar-refractivity contribution in [1.29, 1.82) is 0 Å². The van der Waals surface area contributed by atoms with Gasteiger partial charge in [0.2, 0.25) is 0 Å². The van der Waals surface area contributed by atoms with E-state index in [1.807, 2.05) is 0 Å². The Hall–Kier alpha value is -4.20. The lowest BCUT2D eigenvalue weighted by Crippen LogP contribution is -2.32. The first kappa shape index (κ1) is 48.8. The van der Waals surface area contributed by atoms with Crippen molar-refractivity contribution in [3.63, 3.8) is 0 Å². The summed E-state index contributed by atoms with van der Waals surface area (Å²) >= 11 is 0. The van der Waals surface area contributed by atoms with Gasteiger partial charge in [-0.2, -0.15) is 0 Å². The van der Waals surface area contributed by atoms with Crippen LogP contribution in [0.2, 0.25) is 0 Å². The molecule has 338 valence electrons. The number of esters is 2. The van der Waals surface area contributed by atoms with Crippen molar-refractivity contribution in [2.45, 2.75) is 155 Å². The van der Waals surface area contributed by atoms with Gasteiger partial charge in [-0.3, -0.25) is 0 Å². The molecule has 62 heavy (non-hydrogen) atoms. The monoisotopic (exact) mass is 849 g/mol. The van der Waals surface area contributed by atoms with Crippen molar-refractivity contribution in [2.75, 3.05) is 33.0 Å². The van der Waals surface area contributed by atoms with Gasteiger partial charge in [-0.1, -0.05) is 108 Å². The number of hydrogen-bond acceptors (Lipinski definition) is 7. The number of carbonyl (C=O) groups excluding carboxylic acids is 2. The molecule has 3 aromatic rings. The Bertz CT molecular complexity index is 1850. The number of unbranched alkanes of at least 4 members (excludes halogenated alkanes) is 3. The minimum atomic E-state index is -0.627. The third-order valence-corrected chi connectivity index (χ3v) is 13.4. The van der Waals surface area contributed by atoms with Crippen molar-refractivity contribution in [3.05, 3.63) is 101 Å². The van der Waals surface area contributed by atoms with Gasteiger partial charge in [0.1, 0.15) is 5.75 Å². The number of hydrogen-bond donors (Lipinski definition) is 2. The number of ether oxygens (including phenoxy) is 3. The Kier molecular flexibility index (Phi) is 19.4. The van der Waals surface area contributed by atoms with Crippen molar-refractivity contribution in [2.24, 2.45) is 11.3 Å². The normalized spacial score (nSPS) is 16.5. The Labute approximate surface area is 373 Å². The van der Waals surface area contributed by atoms with E-state index in [1.54, 1.807) is 13.8 Å². The van der Waals surface area contributed by atoms with Gasteiger partial charge in [0.05, 0.1) is 33.0 Å². The zero-order valence-electron chi connectivity index (χ0n) is 38.5. The summed E-state index contributed by atoms with van der Waals surface area (Å²) in [5.74, 6) is 2.03. The van der Waals surface area contributed by atoms with Gasteiger partial charge < -0.3 is 24.4 Å². The smallest absolute Gasteiger partial charge is 0.333 e. The summed E-state index contributed by atoms with van der Waals surface area (Å²) in [7, 11) is 0. The minimum Gasteiger partial charge on any atom is -0.493 e. The maximum absolute atomic E-state index is 12.3. The third-order valence-electron chi connectivity index (χ3n) is 13.4. The van der Waals surface area contributed by atoms with Crippen molar-refractivity contribution >= 4 is 11.9 Å². The summed E-state index contributed by atoms with van der Waals surface area (Å²) in [6, 6.07) is 20.8. The second-order valence-corrected chi connectivity index (χ2v) is 18.6. The summed E-state index contributed by atoms with van der Waals surface area (Å²) in [5.41, 5.74) is 9.75. The van der Waals surface area contributed by atoms with Gasteiger partial charge in [0, 0.05) is 16.6 Å². The lowest BCUT2D eigenvalue weighted by Gasteiger charge is -2.30. The van der Waals surface area contributed by atoms with Gasteiger partial charge in [0.15, 0.2) is 0 Å². The van der Waals surface area contributed by atoms with Crippen LogP contribution in [0.3, 0.4) is 0 Å². The molecule has 2 saturated carbocycles. The molecule has 0 radical (unpaired) electrons. The molecule has 3 aromatic carbocycles. The number of aryl methyl sites for hydroxylation is 2. The lowest BCUT2D eigenvalue weighted by molar-refractivity contribution is -0.139. The molecular formula is C55H76O7. The quantitative estimate of drug-likeness (QED) is 0.0447. The number of carbonyl (C=O) groups is 2. The summed E-state index contributed by atoms with van der Waals surface area (Å²) in [6.07, 6.45) is 18.6. The Morgan fingerprint density at radius 2 is 1.21 bits per heavy atom. The predicted molar refractivity (Wildman–Crippen MR) is 253 cm³/mol. The molecule has 0 saturated heterocycles. The molecule has 2 aliphatic rings. The van der Waals surface area contributed by atoms with Crippen molar-refractivity contribution in [1.82, 2.24) is 0 Å². The van der Waals surface area contributed by atoms with E-state index in [2.05, 4.69) is 81.6 Å². The highest BCUT2D eigenvalue weighted by atomic mass is 16.5. The van der Waals surface area contributed by atoms with E-state index in [0.717, 1.165) is 54.0 Å². The average molecular weight is 849 g/mol. The molecule has 0 spiro atoms. The van der Waals surface area contributed by atoms with Crippen molar-refractivity contribution in [3.8, 4) is 28.0 Å². The third kappa shape index (κ3) is 14.2. The molecule has 7 heteroatoms. The molecule has 0 aromatic heterocycles. The first-order valence-electron chi connectivity index (χ1n) is 23.9. The van der Waals surface area contributed by atoms with Crippen LogP contribution >= 0.6 is 0 Å². The Morgan fingerprint density at radius 3 is 1.74 bits per heavy atom. The van der Waals surface area contributed by atoms with E-state index in [0.29, 0.717) is 68.1 Å². The average Bonchev–Trinajstić information content (AvgIpc) is 4.14. The van der Waals surface area contributed by atoms with E-state index in [-0.39, 0.29) is 26.4 Å². The molecular weight excluding hydrogens is 773 g/mol. The van der Waals surface area contributed by atoms with Crippen LogP contribution in [0.4, 0.5) is 0 Å². The summed E-state index contributed by atoms with van der Waals surface area (Å²) in [4.78, 5) is 24.5. The second-order valence-electron chi connectivity index (χ2n) is 18.6. The highest BCUT2D eigenvalue weighted by Crippen LogP contribution is 2.47. The van der Waals surface area contributed by atoms with Gasteiger partial charge in [-0.25, -0.2) is 9.59 Å². The molecule has 0 heterocycles. The van der Waals surface area contributed by atoms with Crippen LogP contribution in [0, 0.1) is 11.3 Å². The molecule has 0 atom stereocenters. The number of aliphatic hydroxyl groups excluding tert-OH is 2. The van der Waals surface area contributed by atoms with E-state index >= 15 is 0 Å². The fourth-order valence-corrected chi connectivity index (χ4v) is 9.13. The number of aliphatic hydroxyl groups is 2. The summed E-state index contributed by atoms with van der Waals surface area (Å²) in [5, 5.41) is 20.8.